The van der Waals surface area contributed by atoms with E-state index in [-0.39, 0.29) is 81.5 Å². The van der Waals surface area contributed by atoms with Gasteiger partial charge in [-0.15, -0.1) is 47.0 Å². The Labute approximate surface area is 823 Å². The van der Waals surface area contributed by atoms with E-state index < -0.39 is 63.2 Å². The topological polar surface area (TPSA) is 286 Å². The summed E-state index contributed by atoms with van der Waals surface area (Å²) in [4.78, 5) is 51.7. The van der Waals surface area contributed by atoms with Gasteiger partial charge >= 0.3 is 23.9 Å². The van der Waals surface area contributed by atoms with Gasteiger partial charge in [0, 0.05) is 53.2 Å². The van der Waals surface area contributed by atoms with Gasteiger partial charge in [0.1, 0.15) is 0 Å². The van der Waals surface area contributed by atoms with E-state index in [4.69, 9.17) is 11.6 Å². The summed E-state index contributed by atoms with van der Waals surface area (Å²) >= 11 is 12.2. The molecule has 0 bridgehead atoms. The lowest BCUT2D eigenvalue weighted by molar-refractivity contribution is 0.0684. The van der Waals surface area contributed by atoms with Crippen molar-refractivity contribution in [2.24, 2.45) is 0 Å². The number of sulfone groups is 4. The molecule has 0 heterocycles. The number of rotatable bonds is 36. The molecule has 0 aromatic heterocycles. The molecular weight excluding hydrogens is 1890 g/mol. The van der Waals surface area contributed by atoms with Gasteiger partial charge in [-0.2, -0.15) is 0 Å². The van der Waals surface area contributed by atoms with E-state index in [9.17, 15) is 73.3 Å². The molecule has 0 radical (unpaired) electrons. The molecule has 0 amide bonds. The van der Waals surface area contributed by atoms with Crippen molar-refractivity contribution in [1.29, 1.82) is 0 Å². The Bertz CT molecular complexity index is 7090. The molecule has 15 aromatic rings. The maximum Gasteiger partial charge on any atom is 0.336 e. The van der Waals surface area contributed by atoms with Crippen LogP contribution < -0.4 is 0 Å². The third-order valence-electron chi connectivity index (χ3n) is 23.0. The number of carboxylic acids is 4. The number of carbonyl (C=O) groups is 4. The molecule has 16 nitrogen and oxygen atoms in total. The van der Waals surface area contributed by atoms with Gasteiger partial charge in [-0.05, 0) is 225 Å². The minimum atomic E-state index is -3.78. The van der Waals surface area contributed by atoms with Crippen molar-refractivity contribution in [1.82, 2.24) is 0 Å². The summed E-state index contributed by atoms with van der Waals surface area (Å²) < 4.78 is 105. The van der Waals surface area contributed by atoms with Crippen molar-refractivity contribution >= 4 is 122 Å². The summed E-state index contributed by atoms with van der Waals surface area (Å²) in [5.74, 6) is -2.26. The molecule has 0 atom stereocenters. The summed E-state index contributed by atoms with van der Waals surface area (Å²) in [6.45, 7) is 0. The monoisotopic (exact) mass is 1990 g/mol. The molecule has 0 spiro atoms. The lowest BCUT2D eigenvalue weighted by atomic mass is 9.84. The van der Waals surface area contributed by atoms with Crippen molar-refractivity contribution in [3.63, 3.8) is 0 Å². The molecule has 1 aliphatic carbocycles. The fourth-order valence-electron chi connectivity index (χ4n) is 15.7. The van der Waals surface area contributed by atoms with Gasteiger partial charge in [0.15, 0.2) is 39.3 Å². The van der Waals surface area contributed by atoms with Gasteiger partial charge in [-0.25, -0.2) is 52.8 Å². The number of thioether (sulfide) groups is 4. The molecule has 0 saturated heterocycles. The van der Waals surface area contributed by atoms with Gasteiger partial charge in [0.2, 0.25) is 0 Å². The maximum atomic E-state index is 13.4. The van der Waals surface area contributed by atoms with Crippen LogP contribution in [0.4, 0.5) is 0 Å². The van der Waals surface area contributed by atoms with Crippen molar-refractivity contribution in [3.8, 4) is 33.4 Å². The van der Waals surface area contributed by atoms with Gasteiger partial charge in [-0.3, -0.25) is 0 Å². The fraction of sp³-hybridized carbons (Fsp3) is 0.161. The predicted octanol–water partition coefficient (Wildman–Crippen LogP) is 26.5. The first-order valence-corrected chi connectivity index (χ1v) is 55.3. The third-order valence-corrected chi connectivity index (χ3v) is 34.0. The SMILES string of the molecule is O=C(O)c1cc(SCCc2ccccc2)ccc1CS(=O)(=O)c1ccc(-c2ccc(Cl)cc2)cc1.O=C(O)c1cc(SCCc2ccccc2)ccc1CS(=O)(=O)c1ccc(-c2ccccc2)cc1.O=C(O)c1cc(SCCc2ccccc2)ccc1CS(=O)(=O)c1ccc(C2CCCCC2)cc1.O=C(O)c1cc(SCCc2ccccc2)ccc1CS(=O)(=O)c1ccccc1-c1ccccc1. The van der Waals surface area contributed by atoms with E-state index in [1.807, 2.05) is 164 Å². The highest BCUT2D eigenvalue weighted by Gasteiger charge is 2.28. The van der Waals surface area contributed by atoms with Crippen LogP contribution in [-0.4, -0.2) is 101 Å². The Balaban J connectivity index is 0.000000154. The Morgan fingerprint density at radius 2 is 0.526 bits per heavy atom. The molecule has 1 fully saturated rings. The molecule has 15 aromatic carbocycles. The summed E-state index contributed by atoms with van der Waals surface area (Å²) in [6.07, 6.45) is 9.50. The summed E-state index contributed by atoms with van der Waals surface area (Å²) in [6, 6.07) is 114. The van der Waals surface area contributed by atoms with E-state index in [0.717, 1.165) is 109 Å². The van der Waals surface area contributed by atoms with Crippen molar-refractivity contribution in [3.05, 3.63) is 453 Å². The second kappa shape index (κ2) is 49.6. The van der Waals surface area contributed by atoms with Gasteiger partial charge in [0.25, 0.3) is 0 Å². The number of hydrogen-bond donors (Lipinski definition) is 4. The summed E-state index contributed by atoms with van der Waals surface area (Å²) in [7, 11) is -14.9. The van der Waals surface area contributed by atoms with Crippen LogP contribution in [0.3, 0.4) is 0 Å². The van der Waals surface area contributed by atoms with Crippen molar-refractivity contribution in [2.75, 3.05) is 23.0 Å². The number of aromatic carboxylic acids is 4. The zero-order valence-electron chi connectivity index (χ0n) is 74.7. The largest absolute Gasteiger partial charge is 0.478 e. The second-order valence-electron chi connectivity index (χ2n) is 32.6. The Kier molecular flexibility index (Phi) is 37.0. The lowest BCUT2D eigenvalue weighted by Gasteiger charge is -2.22. The van der Waals surface area contributed by atoms with Crippen LogP contribution in [0, 0.1) is 0 Å². The fourth-order valence-corrected chi connectivity index (χ4v) is 25.4. The molecular formula is C112H101ClO16S8. The van der Waals surface area contributed by atoms with E-state index in [0.29, 0.717) is 22.1 Å². The smallest absolute Gasteiger partial charge is 0.336 e. The summed E-state index contributed by atoms with van der Waals surface area (Å²) in [5, 5.41) is 39.6. The van der Waals surface area contributed by atoms with Crippen LogP contribution in [0.1, 0.15) is 130 Å². The molecule has 4 N–H and O–H groups in total. The van der Waals surface area contributed by atoms with Crippen LogP contribution >= 0.6 is 58.6 Å². The predicted molar refractivity (Wildman–Crippen MR) is 554 cm³/mol. The highest BCUT2D eigenvalue weighted by atomic mass is 35.5. The molecule has 16 rings (SSSR count). The van der Waals surface area contributed by atoms with Crippen molar-refractivity contribution < 1.29 is 73.3 Å². The average molecular weight is 2000 g/mol. The zero-order valence-corrected chi connectivity index (χ0v) is 82.0. The second-order valence-corrected chi connectivity index (χ2v) is 45.6. The number of carboxylic acid groups (broad SMARTS) is 4. The number of halogens is 1. The Morgan fingerprint density at radius 3 is 0.832 bits per heavy atom. The minimum Gasteiger partial charge on any atom is -0.478 e. The quantitative estimate of drug-likeness (QED) is 0.0265. The Hall–Kier alpha value is -12.3. The van der Waals surface area contributed by atoms with Crippen LogP contribution in [0.15, 0.2) is 415 Å². The zero-order chi connectivity index (χ0) is 96.7. The van der Waals surface area contributed by atoms with E-state index >= 15 is 0 Å². The highest BCUT2D eigenvalue weighted by molar-refractivity contribution is 8.00. The standard InChI is InChI=1S/C28H23ClO4S2.C28H24O4S2.C28H30O4S2.C28H24O4S2/c29-24-11-6-21(7-12-24)22-9-14-26(15-10-22)35(32,33)19-23-8-13-25(18-27(23)28(30)31)34-17-16-20-4-2-1-3-5-20;29-28(30)26-19-24(33-18-17-21-9-3-1-4-10-21)16-15-23(26)20-34(31,32)27-14-8-7-13-25(27)22-11-5-2-6-12-22;2*29-28(30)27-19-25(33-18-17-21-7-3-1-4-8-21)14-11-24(27)20-34(31,32)26-15-12-23(13-16-26)22-9-5-2-6-10-22/h1-15,18H,16-17,19H2,(H,30,31);1-16,19H,17-18,20H2,(H,29,30);1,3-4,7-8,11-16,19,22H,2,5-6,9-10,17-18,20H2,(H,29,30);1-16,19H,17-18,20H2,(H,29,30). The third kappa shape index (κ3) is 30.1. The number of hydrogen-bond acceptors (Lipinski definition) is 16. The molecule has 700 valence electrons. The molecule has 0 unspecified atom stereocenters. The van der Waals surface area contributed by atoms with Gasteiger partial charge in [-0.1, -0.05) is 304 Å². The van der Waals surface area contributed by atoms with Crippen LogP contribution in [-0.2, 0) is 88.0 Å². The van der Waals surface area contributed by atoms with Gasteiger partial charge in [0.05, 0.1) is 64.8 Å². The summed E-state index contributed by atoms with van der Waals surface area (Å²) in [5.41, 5.74) is 12.4. The highest BCUT2D eigenvalue weighted by Crippen LogP contribution is 2.38. The molecule has 25 heteroatoms. The normalized spacial score (nSPS) is 12.2. The first kappa shape index (κ1) is 102. The van der Waals surface area contributed by atoms with Gasteiger partial charge < -0.3 is 20.4 Å². The molecule has 1 aliphatic rings. The minimum absolute atomic E-state index is 0.0103. The molecule has 137 heavy (non-hydrogen) atoms. The van der Waals surface area contributed by atoms with Crippen LogP contribution in [0.5, 0.6) is 0 Å². The molecule has 1 saturated carbocycles. The van der Waals surface area contributed by atoms with Crippen LogP contribution in [0.2, 0.25) is 5.02 Å². The van der Waals surface area contributed by atoms with Crippen molar-refractivity contribution in [2.45, 2.75) is 126 Å². The number of aryl methyl sites for hydroxylation is 4. The van der Waals surface area contributed by atoms with Crippen LogP contribution in [0.25, 0.3) is 33.4 Å². The first-order valence-electron chi connectivity index (χ1n) is 44.4. The lowest BCUT2D eigenvalue weighted by Crippen LogP contribution is -2.11. The van der Waals surface area contributed by atoms with E-state index in [1.165, 1.54) is 47.1 Å². The average Bonchev–Trinajstić information content (AvgIpc) is 0.791. The number of benzene rings is 15. The Morgan fingerprint density at radius 1 is 0.270 bits per heavy atom. The van der Waals surface area contributed by atoms with E-state index in [2.05, 4.69) is 48.5 Å². The maximum absolute atomic E-state index is 13.4. The first-order chi connectivity index (χ1) is 66.1. The molecule has 0 aliphatic heterocycles. The van der Waals surface area contributed by atoms with E-state index in [1.54, 1.807) is 211 Å².